The number of aromatic nitrogens is 4. The quantitative estimate of drug-likeness (QED) is 0.490. The van der Waals surface area contributed by atoms with Crippen LogP contribution in [0.3, 0.4) is 0 Å². The van der Waals surface area contributed by atoms with Crippen molar-refractivity contribution < 1.29 is 0 Å². The molecule has 0 atom stereocenters. The zero-order valence-corrected chi connectivity index (χ0v) is 16.1. The number of rotatable bonds is 7. The summed E-state index contributed by atoms with van der Waals surface area (Å²) < 4.78 is 2.17. The van der Waals surface area contributed by atoms with Crippen molar-refractivity contribution in [3.63, 3.8) is 0 Å². The molecule has 1 N–H and O–H groups in total. The molecule has 2 aromatic heterocycles. The van der Waals surface area contributed by atoms with E-state index in [4.69, 9.17) is 11.6 Å². The lowest BCUT2D eigenvalue weighted by Crippen LogP contribution is -2.10. The third-order valence-corrected chi connectivity index (χ3v) is 5.40. The summed E-state index contributed by atoms with van der Waals surface area (Å²) in [4.78, 5) is 4.48. The summed E-state index contributed by atoms with van der Waals surface area (Å²) in [7, 11) is 0. The van der Waals surface area contributed by atoms with E-state index in [0.717, 1.165) is 41.0 Å². The predicted molar refractivity (Wildman–Crippen MR) is 110 cm³/mol. The molecule has 0 bridgehead atoms. The van der Waals surface area contributed by atoms with Gasteiger partial charge in [0.2, 0.25) is 5.13 Å². The molecule has 5 nitrogen and oxygen atoms in total. The van der Waals surface area contributed by atoms with Crippen LogP contribution in [0, 0.1) is 0 Å². The molecule has 0 saturated carbocycles. The topological polar surface area (TPSA) is 55.6 Å². The molecule has 7 heteroatoms. The average Bonchev–Trinajstić information content (AvgIpc) is 3.33. The van der Waals surface area contributed by atoms with E-state index in [1.54, 1.807) is 0 Å². The molecule has 0 fully saturated rings. The first-order valence-corrected chi connectivity index (χ1v) is 9.85. The van der Waals surface area contributed by atoms with Crippen LogP contribution in [0.5, 0.6) is 0 Å². The third kappa shape index (κ3) is 4.35. The highest BCUT2D eigenvalue weighted by atomic mass is 35.5. The van der Waals surface area contributed by atoms with E-state index < -0.39 is 0 Å². The zero-order valence-electron chi connectivity index (χ0n) is 14.5. The molecule has 0 aliphatic carbocycles. The number of hydrogen-bond donors (Lipinski definition) is 1. The zero-order chi connectivity index (χ0) is 18.5. The van der Waals surface area contributed by atoms with Gasteiger partial charge in [-0.05, 0) is 11.6 Å². The van der Waals surface area contributed by atoms with E-state index in [1.165, 1.54) is 16.9 Å². The van der Waals surface area contributed by atoms with Crippen molar-refractivity contribution >= 4 is 28.1 Å². The Kier molecular flexibility index (Phi) is 5.46. The fourth-order valence-electron chi connectivity index (χ4n) is 2.81. The van der Waals surface area contributed by atoms with Crippen molar-refractivity contribution in [2.75, 3.05) is 11.9 Å². The largest absolute Gasteiger partial charge is 0.360 e. The Morgan fingerprint density at radius 3 is 2.67 bits per heavy atom. The summed E-state index contributed by atoms with van der Waals surface area (Å²) in [5.74, 6) is 1.04. The molecule has 0 aliphatic heterocycles. The highest BCUT2D eigenvalue weighted by molar-refractivity contribution is 7.18. The van der Waals surface area contributed by atoms with E-state index in [2.05, 4.69) is 49.3 Å². The minimum atomic E-state index is 0.683. The minimum absolute atomic E-state index is 0.683. The second-order valence-corrected chi connectivity index (χ2v) is 7.41. The first-order valence-electron chi connectivity index (χ1n) is 8.66. The minimum Gasteiger partial charge on any atom is -0.360 e. The van der Waals surface area contributed by atoms with E-state index in [-0.39, 0.29) is 0 Å². The van der Waals surface area contributed by atoms with Crippen molar-refractivity contribution in [1.29, 1.82) is 0 Å². The van der Waals surface area contributed by atoms with Crippen LogP contribution >= 0.6 is 22.9 Å². The first kappa shape index (κ1) is 17.7. The molecular weight excluding hydrogens is 378 g/mol. The molecule has 0 aliphatic rings. The van der Waals surface area contributed by atoms with Gasteiger partial charge in [0, 0.05) is 37.5 Å². The molecule has 0 spiro atoms. The molecule has 136 valence electrons. The smallest absolute Gasteiger partial charge is 0.206 e. The number of benzene rings is 2. The fourth-order valence-corrected chi connectivity index (χ4v) is 3.90. The van der Waals surface area contributed by atoms with Crippen LogP contribution in [0.1, 0.15) is 11.4 Å². The highest BCUT2D eigenvalue weighted by Gasteiger charge is 2.10. The van der Waals surface area contributed by atoms with Gasteiger partial charge in [-0.1, -0.05) is 71.5 Å². The standard InChI is InChI=1S/C20H18ClN5S/c21-17-9-5-4-8-16(17)19-24-25-20(27-19)23-11-10-18-22-12-13-26(18)14-15-6-2-1-3-7-15/h1-9,12-13H,10-11,14H2,(H,23,25). The summed E-state index contributed by atoms with van der Waals surface area (Å²) in [6.45, 7) is 1.56. The van der Waals surface area contributed by atoms with Crippen molar-refractivity contribution in [3.8, 4) is 10.6 Å². The van der Waals surface area contributed by atoms with Gasteiger partial charge in [0.1, 0.15) is 5.82 Å². The third-order valence-electron chi connectivity index (χ3n) is 4.15. The molecular formula is C20H18ClN5S. The predicted octanol–water partition coefficient (Wildman–Crippen LogP) is 4.76. The van der Waals surface area contributed by atoms with Gasteiger partial charge in [0.15, 0.2) is 5.01 Å². The molecule has 0 unspecified atom stereocenters. The van der Waals surface area contributed by atoms with Crippen molar-refractivity contribution in [2.24, 2.45) is 0 Å². The second-order valence-electron chi connectivity index (χ2n) is 6.03. The van der Waals surface area contributed by atoms with Gasteiger partial charge < -0.3 is 9.88 Å². The van der Waals surface area contributed by atoms with E-state index in [9.17, 15) is 0 Å². The number of nitrogens with zero attached hydrogens (tertiary/aromatic N) is 4. The molecule has 4 aromatic rings. The molecule has 27 heavy (non-hydrogen) atoms. The van der Waals surface area contributed by atoms with Crippen LogP contribution in [0.25, 0.3) is 10.6 Å². The Bertz CT molecular complexity index is 1010. The van der Waals surface area contributed by atoms with Crippen LogP contribution in [0.4, 0.5) is 5.13 Å². The number of hydrogen-bond acceptors (Lipinski definition) is 5. The van der Waals surface area contributed by atoms with Crippen LogP contribution < -0.4 is 5.32 Å². The van der Waals surface area contributed by atoms with Gasteiger partial charge in [-0.3, -0.25) is 0 Å². The molecule has 2 aromatic carbocycles. The van der Waals surface area contributed by atoms with Gasteiger partial charge in [-0.2, -0.15) is 0 Å². The summed E-state index contributed by atoms with van der Waals surface area (Å²) in [6.07, 6.45) is 4.67. The van der Waals surface area contributed by atoms with Crippen LogP contribution in [0.2, 0.25) is 5.02 Å². The van der Waals surface area contributed by atoms with Gasteiger partial charge in [-0.25, -0.2) is 4.98 Å². The van der Waals surface area contributed by atoms with Gasteiger partial charge >= 0.3 is 0 Å². The molecule has 0 saturated heterocycles. The summed E-state index contributed by atoms with van der Waals surface area (Å²) in [5.41, 5.74) is 2.17. The Balaban J connectivity index is 1.36. The number of imidazole rings is 1. The molecule has 0 amide bonds. The normalized spacial score (nSPS) is 10.9. The number of halogens is 1. The monoisotopic (exact) mass is 395 g/mol. The van der Waals surface area contributed by atoms with Crippen molar-refractivity contribution in [1.82, 2.24) is 19.7 Å². The van der Waals surface area contributed by atoms with Crippen LogP contribution in [-0.4, -0.2) is 26.3 Å². The van der Waals surface area contributed by atoms with E-state index in [1.807, 2.05) is 42.7 Å². The first-order chi connectivity index (χ1) is 13.3. The summed E-state index contributed by atoms with van der Waals surface area (Å²) in [5, 5.41) is 14.1. The maximum atomic E-state index is 6.23. The Morgan fingerprint density at radius 1 is 1.00 bits per heavy atom. The Labute approximate surface area is 166 Å². The lowest BCUT2D eigenvalue weighted by atomic mass is 10.2. The second kappa shape index (κ2) is 8.33. The van der Waals surface area contributed by atoms with Crippen LogP contribution in [0.15, 0.2) is 67.0 Å². The summed E-state index contributed by atoms with van der Waals surface area (Å²) in [6, 6.07) is 18.1. The number of nitrogens with one attached hydrogen (secondary N) is 1. The highest BCUT2D eigenvalue weighted by Crippen LogP contribution is 2.31. The van der Waals surface area contributed by atoms with Crippen molar-refractivity contribution in [2.45, 2.75) is 13.0 Å². The maximum absolute atomic E-state index is 6.23. The Morgan fingerprint density at radius 2 is 1.81 bits per heavy atom. The van der Waals surface area contributed by atoms with Crippen molar-refractivity contribution in [3.05, 3.63) is 83.4 Å². The lowest BCUT2D eigenvalue weighted by Gasteiger charge is -2.08. The number of anilines is 1. The molecule has 0 radical (unpaired) electrons. The average molecular weight is 396 g/mol. The fraction of sp³-hybridized carbons (Fsp3) is 0.150. The molecule has 4 rings (SSSR count). The van der Waals surface area contributed by atoms with Gasteiger partial charge in [-0.15, -0.1) is 10.2 Å². The SMILES string of the molecule is Clc1ccccc1-c1nnc(NCCc2nccn2Cc2ccccc2)s1. The van der Waals surface area contributed by atoms with Gasteiger partial charge in [0.05, 0.1) is 5.02 Å². The summed E-state index contributed by atoms with van der Waals surface area (Å²) >= 11 is 7.73. The van der Waals surface area contributed by atoms with Crippen LogP contribution in [-0.2, 0) is 13.0 Å². The van der Waals surface area contributed by atoms with E-state index in [0.29, 0.717) is 5.02 Å². The van der Waals surface area contributed by atoms with E-state index >= 15 is 0 Å². The molecule has 2 heterocycles. The maximum Gasteiger partial charge on any atom is 0.206 e. The lowest BCUT2D eigenvalue weighted by molar-refractivity contribution is 0.722. The van der Waals surface area contributed by atoms with Gasteiger partial charge in [0.25, 0.3) is 0 Å². The Hall–Kier alpha value is -2.70.